The molecule has 6 heteroatoms. The van der Waals surface area contributed by atoms with Gasteiger partial charge in [0.05, 0.1) is 6.20 Å². The van der Waals surface area contributed by atoms with Gasteiger partial charge >= 0.3 is 0 Å². The maximum absolute atomic E-state index is 13.5. The van der Waals surface area contributed by atoms with E-state index in [9.17, 15) is 13.6 Å². The molecule has 18 heavy (non-hydrogen) atoms. The first-order valence-corrected chi connectivity index (χ1v) is 5.62. The van der Waals surface area contributed by atoms with E-state index in [2.05, 4.69) is 20.9 Å². The highest BCUT2D eigenvalue weighted by Crippen LogP contribution is 2.29. The van der Waals surface area contributed by atoms with Crippen LogP contribution in [0, 0.1) is 11.6 Å². The lowest BCUT2D eigenvalue weighted by atomic mass is 10.2. The lowest BCUT2D eigenvalue weighted by molar-refractivity contribution is 0.112. The number of benzene rings is 1. The molecule has 0 saturated heterocycles. The molecule has 0 bridgehead atoms. The van der Waals surface area contributed by atoms with Gasteiger partial charge < -0.3 is 4.74 Å². The number of carbonyl (C=O) groups excluding carboxylic acids is 1. The van der Waals surface area contributed by atoms with Crippen LogP contribution in [0.1, 0.15) is 10.4 Å². The smallest absolute Gasteiger partial charge is 0.198 e. The summed E-state index contributed by atoms with van der Waals surface area (Å²) < 4.78 is 32.7. The van der Waals surface area contributed by atoms with Crippen LogP contribution in [0.2, 0.25) is 0 Å². The van der Waals surface area contributed by atoms with Gasteiger partial charge in [-0.25, -0.2) is 8.78 Å². The zero-order chi connectivity index (χ0) is 13.1. The van der Waals surface area contributed by atoms with E-state index in [4.69, 9.17) is 4.74 Å². The van der Waals surface area contributed by atoms with Crippen molar-refractivity contribution in [1.82, 2.24) is 4.98 Å². The Balaban J connectivity index is 2.37. The standard InChI is InChI=1S/C12H6BrF2NO2/c13-8-3-9(5-16-4-8)18-12-10(14)1-7(6-17)2-11(12)15/h1-6H. The number of hydrogen-bond donors (Lipinski definition) is 0. The number of halogens is 3. The minimum Gasteiger partial charge on any atom is -0.450 e. The molecule has 0 unspecified atom stereocenters. The molecule has 0 fully saturated rings. The van der Waals surface area contributed by atoms with E-state index in [-0.39, 0.29) is 11.3 Å². The predicted octanol–water partition coefficient (Wildman–Crippen LogP) is 3.73. The highest BCUT2D eigenvalue weighted by molar-refractivity contribution is 9.10. The Bertz CT molecular complexity index is 581. The topological polar surface area (TPSA) is 39.2 Å². The van der Waals surface area contributed by atoms with Crippen LogP contribution in [0.25, 0.3) is 0 Å². The molecular formula is C12H6BrF2NO2. The minimum absolute atomic E-state index is 0.0929. The van der Waals surface area contributed by atoms with E-state index in [0.29, 0.717) is 10.8 Å². The highest BCUT2D eigenvalue weighted by atomic mass is 79.9. The van der Waals surface area contributed by atoms with Crippen molar-refractivity contribution in [3.05, 3.63) is 52.3 Å². The predicted molar refractivity (Wildman–Crippen MR) is 63.8 cm³/mol. The molecule has 0 saturated carbocycles. The van der Waals surface area contributed by atoms with Gasteiger partial charge in [0.2, 0.25) is 0 Å². The van der Waals surface area contributed by atoms with Crippen LogP contribution in [0.15, 0.2) is 35.1 Å². The molecule has 0 N–H and O–H groups in total. The SMILES string of the molecule is O=Cc1cc(F)c(Oc2cncc(Br)c2)c(F)c1. The summed E-state index contributed by atoms with van der Waals surface area (Å²) in [6, 6.07) is 3.31. The van der Waals surface area contributed by atoms with Crippen molar-refractivity contribution < 1.29 is 18.3 Å². The molecule has 3 nitrogen and oxygen atoms in total. The summed E-state index contributed by atoms with van der Waals surface area (Å²) in [6.45, 7) is 0. The fourth-order valence-electron chi connectivity index (χ4n) is 1.31. The Labute approximate surface area is 110 Å². The molecule has 1 heterocycles. The van der Waals surface area contributed by atoms with Gasteiger partial charge in [-0.2, -0.15) is 0 Å². The lowest BCUT2D eigenvalue weighted by Crippen LogP contribution is -1.95. The molecule has 92 valence electrons. The van der Waals surface area contributed by atoms with Crippen molar-refractivity contribution in [1.29, 1.82) is 0 Å². The molecule has 0 aliphatic rings. The van der Waals surface area contributed by atoms with Crippen molar-refractivity contribution in [3.63, 3.8) is 0 Å². The number of pyridine rings is 1. The van der Waals surface area contributed by atoms with E-state index < -0.39 is 17.4 Å². The first-order valence-electron chi connectivity index (χ1n) is 4.83. The first kappa shape index (κ1) is 12.6. The summed E-state index contributed by atoms with van der Waals surface area (Å²) in [6.07, 6.45) is 3.18. The average molecular weight is 314 g/mol. The van der Waals surface area contributed by atoms with Gasteiger partial charge in [-0.1, -0.05) is 0 Å². The van der Waals surface area contributed by atoms with Crippen LogP contribution in [-0.4, -0.2) is 11.3 Å². The third-order valence-electron chi connectivity index (χ3n) is 2.06. The van der Waals surface area contributed by atoms with Crippen molar-refractivity contribution in [3.8, 4) is 11.5 Å². The Morgan fingerprint density at radius 3 is 2.39 bits per heavy atom. The molecule has 0 amide bonds. The maximum atomic E-state index is 13.5. The van der Waals surface area contributed by atoms with Gasteiger partial charge in [0.15, 0.2) is 17.4 Å². The van der Waals surface area contributed by atoms with Gasteiger partial charge in [-0.3, -0.25) is 9.78 Å². The van der Waals surface area contributed by atoms with Gasteiger partial charge in [-0.15, -0.1) is 0 Å². The highest BCUT2D eigenvalue weighted by Gasteiger charge is 2.13. The van der Waals surface area contributed by atoms with Gasteiger partial charge in [0.1, 0.15) is 12.0 Å². The Morgan fingerprint density at radius 1 is 1.17 bits per heavy atom. The molecule has 1 aromatic carbocycles. The van der Waals surface area contributed by atoms with E-state index in [1.807, 2.05) is 0 Å². The van der Waals surface area contributed by atoms with Crippen molar-refractivity contribution in [2.45, 2.75) is 0 Å². The van der Waals surface area contributed by atoms with Crippen molar-refractivity contribution in [2.24, 2.45) is 0 Å². The molecule has 0 spiro atoms. The fraction of sp³-hybridized carbons (Fsp3) is 0. The molecule has 1 aromatic heterocycles. The van der Waals surface area contributed by atoms with Gasteiger partial charge in [0, 0.05) is 16.2 Å². The van der Waals surface area contributed by atoms with E-state index in [0.717, 1.165) is 12.1 Å². The second-order valence-electron chi connectivity index (χ2n) is 3.37. The molecule has 0 atom stereocenters. The second-order valence-corrected chi connectivity index (χ2v) is 4.29. The van der Waals surface area contributed by atoms with E-state index in [1.165, 1.54) is 18.5 Å². The quantitative estimate of drug-likeness (QED) is 0.811. The Kier molecular flexibility index (Phi) is 3.66. The number of ether oxygens (including phenoxy) is 1. The number of nitrogens with zero attached hydrogens (tertiary/aromatic N) is 1. The van der Waals surface area contributed by atoms with Crippen LogP contribution in [0.3, 0.4) is 0 Å². The summed E-state index contributed by atoms with van der Waals surface area (Å²) in [5.74, 6) is -2.28. The first-order chi connectivity index (χ1) is 8.60. The monoisotopic (exact) mass is 313 g/mol. The average Bonchev–Trinajstić information content (AvgIpc) is 2.33. The van der Waals surface area contributed by atoms with E-state index in [1.54, 1.807) is 0 Å². The summed E-state index contributed by atoms with van der Waals surface area (Å²) in [7, 11) is 0. The van der Waals surface area contributed by atoms with Gasteiger partial charge in [-0.05, 0) is 34.1 Å². The minimum atomic E-state index is -0.947. The zero-order valence-corrected chi connectivity index (χ0v) is 10.4. The summed E-state index contributed by atoms with van der Waals surface area (Å²) in [4.78, 5) is 14.2. The molecule has 2 aromatic rings. The van der Waals surface area contributed by atoms with E-state index >= 15 is 0 Å². The normalized spacial score (nSPS) is 10.2. The lowest BCUT2D eigenvalue weighted by Gasteiger charge is -2.08. The Hall–Kier alpha value is -1.82. The van der Waals surface area contributed by atoms with Crippen LogP contribution in [0.4, 0.5) is 8.78 Å². The molecule has 0 radical (unpaired) electrons. The summed E-state index contributed by atoms with van der Waals surface area (Å²) >= 11 is 3.16. The molecular weight excluding hydrogens is 308 g/mol. The Morgan fingerprint density at radius 2 is 1.83 bits per heavy atom. The number of aromatic nitrogens is 1. The molecule has 0 aliphatic heterocycles. The molecule has 0 aliphatic carbocycles. The van der Waals surface area contributed by atoms with Crippen molar-refractivity contribution in [2.75, 3.05) is 0 Å². The summed E-state index contributed by atoms with van der Waals surface area (Å²) in [5.41, 5.74) is -0.0929. The fourth-order valence-corrected chi connectivity index (χ4v) is 1.65. The number of hydrogen-bond acceptors (Lipinski definition) is 3. The van der Waals surface area contributed by atoms with Crippen molar-refractivity contribution >= 4 is 22.2 Å². The third kappa shape index (κ3) is 2.70. The maximum Gasteiger partial charge on any atom is 0.198 e. The van der Waals surface area contributed by atoms with Crippen LogP contribution in [0.5, 0.6) is 11.5 Å². The molecule has 2 rings (SSSR count). The number of carbonyl (C=O) groups is 1. The van der Waals surface area contributed by atoms with Crippen LogP contribution >= 0.6 is 15.9 Å². The van der Waals surface area contributed by atoms with Gasteiger partial charge in [0.25, 0.3) is 0 Å². The second kappa shape index (κ2) is 5.22. The third-order valence-corrected chi connectivity index (χ3v) is 2.49. The van der Waals surface area contributed by atoms with Crippen LogP contribution < -0.4 is 4.74 Å². The zero-order valence-electron chi connectivity index (χ0n) is 8.86. The number of aldehydes is 1. The summed E-state index contributed by atoms with van der Waals surface area (Å²) in [5, 5.41) is 0. The largest absolute Gasteiger partial charge is 0.450 e. The number of rotatable bonds is 3. The van der Waals surface area contributed by atoms with Crippen LogP contribution in [-0.2, 0) is 0 Å².